The van der Waals surface area contributed by atoms with Crippen molar-refractivity contribution < 1.29 is 18.0 Å². The number of nitrogens with zero attached hydrogens (tertiary/aromatic N) is 4. The molecule has 0 saturated heterocycles. The number of hydrogen-bond donors (Lipinski definition) is 1. The van der Waals surface area contributed by atoms with Gasteiger partial charge in [0.1, 0.15) is 11.5 Å². The number of carbonyl (C=O) groups excluding carboxylic acids is 1. The van der Waals surface area contributed by atoms with Crippen molar-refractivity contribution in [2.24, 2.45) is 0 Å². The van der Waals surface area contributed by atoms with E-state index in [9.17, 15) is 18.0 Å². The summed E-state index contributed by atoms with van der Waals surface area (Å²) in [6.45, 7) is 0. The van der Waals surface area contributed by atoms with E-state index in [1.54, 1.807) is 5.38 Å². The zero-order valence-corrected chi connectivity index (χ0v) is 14.3. The van der Waals surface area contributed by atoms with Crippen LogP contribution < -0.4 is 5.32 Å². The molecule has 0 radical (unpaired) electrons. The SMILES string of the molecule is O=C(Nc1ccnc2cc(-c3ccccc3C(F)(F)F)nn12)c1cscn1. The van der Waals surface area contributed by atoms with Gasteiger partial charge in [0.2, 0.25) is 0 Å². The fourth-order valence-electron chi connectivity index (χ4n) is 2.58. The Kier molecular flexibility index (Phi) is 4.11. The summed E-state index contributed by atoms with van der Waals surface area (Å²) in [4.78, 5) is 20.2. The third-order valence-corrected chi connectivity index (χ3v) is 4.36. The molecule has 0 bridgehead atoms. The molecular weight excluding hydrogens is 379 g/mol. The fourth-order valence-corrected chi connectivity index (χ4v) is 3.11. The Hall–Kier alpha value is -3.27. The first kappa shape index (κ1) is 17.2. The molecule has 0 atom stereocenters. The minimum Gasteiger partial charge on any atom is -0.305 e. The van der Waals surface area contributed by atoms with Crippen LogP contribution in [0.1, 0.15) is 16.1 Å². The molecule has 1 aromatic carbocycles. The van der Waals surface area contributed by atoms with E-state index in [1.807, 2.05) is 0 Å². The minimum absolute atomic E-state index is 0.0627. The molecule has 1 amide bonds. The molecule has 0 saturated carbocycles. The predicted molar refractivity (Wildman–Crippen MR) is 93.5 cm³/mol. The van der Waals surface area contributed by atoms with Crippen molar-refractivity contribution in [3.63, 3.8) is 0 Å². The molecule has 0 unspecified atom stereocenters. The number of thiazole rings is 1. The lowest BCUT2D eigenvalue weighted by Crippen LogP contribution is -2.15. The van der Waals surface area contributed by atoms with Gasteiger partial charge in [-0.25, -0.2) is 9.97 Å². The molecule has 4 aromatic rings. The molecular formula is C17H10F3N5OS. The lowest BCUT2D eigenvalue weighted by atomic mass is 10.0. The van der Waals surface area contributed by atoms with E-state index in [2.05, 4.69) is 20.4 Å². The van der Waals surface area contributed by atoms with Crippen molar-refractivity contribution >= 4 is 28.7 Å². The lowest BCUT2D eigenvalue weighted by Gasteiger charge is -2.10. The molecule has 0 aliphatic carbocycles. The Morgan fingerprint density at radius 3 is 2.70 bits per heavy atom. The van der Waals surface area contributed by atoms with Crippen LogP contribution in [0.15, 0.2) is 53.5 Å². The number of rotatable bonds is 3. The van der Waals surface area contributed by atoms with E-state index in [0.717, 1.165) is 6.07 Å². The first-order valence-electron chi connectivity index (χ1n) is 7.64. The predicted octanol–water partition coefficient (Wildman–Crippen LogP) is 4.12. The average molecular weight is 389 g/mol. The number of benzene rings is 1. The van der Waals surface area contributed by atoms with E-state index < -0.39 is 17.6 Å². The molecule has 0 aliphatic rings. The van der Waals surface area contributed by atoms with Crippen LogP contribution in [0.5, 0.6) is 0 Å². The quantitative estimate of drug-likeness (QED) is 0.572. The maximum absolute atomic E-state index is 13.3. The van der Waals surface area contributed by atoms with E-state index in [4.69, 9.17) is 0 Å². The minimum atomic E-state index is -4.51. The number of halogens is 3. The highest BCUT2D eigenvalue weighted by Crippen LogP contribution is 2.36. The Bertz CT molecular complexity index is 1120. The van der Waals surface area contributed by atoms with Gasteiger partial charge in [-0.05, 0) is 12.1 Å². The average Bonchev–Trinajstić information content (AvgIpc) is 3.31. The zero-order valence-electron chi connectivity index (χ0n) is 13.4. The molecule has 1 N–H and O–H groups in total. The summed E-state index contributed by atoms with van der Waals surface area (Å²) in [6, 6.07) is 8.11. The van der Waals surface area contributed by atoms with Gasteiger partial charge in [0.15, 0.2) is 5.65 Å². The second-order valence-electron chi connectivity index (χ2n) is 5.50. The van der Waals surface area contributed by atoms with Crippen LogP contribution in [0, 0.1) is 0 Å². The summed E-state index contributed by atoms with van der Waals surface area (Å²) < 4.78 is 41.1. The highest BCUT2D eigenvalue weighted by Gasteiger charge is 2.34. The van der Waals surface area contributed by atoms with E-state index in [-0.39, 0.29) is 22.8 Å². The summed E-state index contributed by atoms with van der Waals surface area (Å²) in [5.74, 6) is -0.176. The first-order valence-corrected chi connectivity index (χ1v) is 8.59. The number of alkyl halides is 3. The third kappa shape index (κ3) is 3.26. The fraction of sp³-hybridized carbons (Fsp3) is 0.0588. The maximum Gasteiger partial charge on any atom is 0.417 e. The van der Waals surface area contributed by atoms with Gasteiger partial charge >= 0.3 is 6.18 Å². The summed E-state index contributed by atoms with van der Waals surface area (Å²) in [5.41, 5.74) is 1.31. The summed E-state index contributed by atoms with van der Waals surface area (Å²) in [6.07, 6.45) is -3.07. The molecule has 0 aliphatic heterocycles. The van der Waals surface area contributed by atoms with E-state index in [0.29, 0.717) is 5.65 Å². The Morgan fingerprint density at radius 2 is 1.96 bits per heavy atom. The number of amides is 1. The van der Waals surface area contributed by atoms with Gasteiger partial charge < -0.3 is 5.32 Å². The van der Waals surface area contributed by atoms with Crippen molar-refractivity contribution in [1.82, 2.24) is 19.6 Å². The van der Waals surface area contributed by atoms with Crippen molar-refractivity contribution in [3.05, 3.63) is 64.7 Å². The van der Waals surface area contributed by atoms with Gasteiger partial charge in [0, 0.05) is 23.2 Å². The van der Waals surface area contributed by atoms with Gasteiger partial charge in [-0.3, -0.25) is 4.79 Å². The zero-order chi connectivity index (χ0) is 19.0. The monoisotopic (exact) mass is 389 g/mol. The van der Waals surface area contributed by atoms with Gasteiger partial charge in [0.05, 0.1) is 16.8 Å². The normalized spacial score (nSPS) is 11.7. The Balaban J connectivity index is 1.77. The smallest absolute Gasteiger partial charge is 0.305 e. The highest BCUT2D eigenvalue weighted by molar-refractivity contribution is 7.07. The van der Waals surface area contributed by atoms with Gasteiger partial charge in [-0.2, -0.15) is 22.8 Å². The maximum atomic E-state index is 13.3. The van der Waals surface area contributed by atoms with Gasteiger partial charge in [0.25, 0.3) is 5.91 Å². The molecule has 136 valence electrons. The standard InChI is InChI=1S/C17H10F3N5OS/c18-17(19,20)11-4-2-1-3-10(11)12-7-15-21-6-5-14(25(15)24-12)23-16(26)13-8-27-9-22-13/h1-9H,(H,23,26). The van der Waals surface area contributed by atoms with Crippen molar-refractivity contribution in [2.45, 2.75) is 6.18 Å². The van der Waals surface area contributed by atoms with Crippen LogP contribution in [0.3, 0.4) is 0 Å². The molecule has 0 fully saturated rings. The Labute approximate surface area is 154 Å². The van der Waals surface area contributed by atoms with Crippen molar-refractivity contribution in [3.8, 4) is 11.3 Å². The third-order valence-electron chi connectivity index (χ3n) is 3.77. The Morgan fingerprint density at radius 1 is 1.15 bits per heavy atom. The van der Waals surface area contributed by atoms with E-state index in [1.165, 1.54) is 57.9 Å². The molecule has 27 heavy (non-hydrogen) atoms. The molecule has 3 aromatic heterocycles. The molecule has 3 heterocycles. The molecule has 0 spiro atoms. The lowest BCUT2D eigenvalue weighted by molar-refractivity contribution is -0.137. The van der Waals surface area contributed by atoms with Crippen LogP contribution in [0.25, 0.3) is 16.9 Å². The number of fused-ring (bicyclic) bond motifs is 1. The largest absolute Gasteiger partial charge is 0.417 e. The topological polar surface area (TPSA) is 72.2 Å². The number of carbonyl (C=O) groups is 1. The van der Waals surface area contributed by atoms with Crippen LogP contribution in [-0.4, -0.2) is 25.5 Å². The second-order valence-corrected chi connectivity index (χ2v) is 6.22. The van der Waals surface area contributed by atoms with Crippen LogP contribution in [-0.2, 0) is 6.18 Å². The highest BCUT2D eigenvalue weighted by atomic mass is 32.1. The first-order chi connectivity index (χ1) is 12.9. The van der Waals surface area contributed by atoms with Gasteiger partial charge in [-0.15, -0.1) is 11.3 Å². The number of anilines is 1. The summed E-state index contributed by atoms with van der Waals surface area (Å²) in [7, 11) is 0. The summed E-state index contributed by atoms with van der Waals surface area (Å²) >= 11 is 1.27. The molecule has 4 rings (SSSR count). The molecule has 6 nitrogen and oxygen atoms in total. The van der Waals surface area contributed by atoms with Crippen LogP contribution >= 0.6 is 11.3 Å². The van der Waals surface area contributed by atoms with Crippen LogP contribution in [0.2, 0.25) is 0 Å². The number of hydrogen-bond acceptors (Lipinski definition) is 5. The van der Waals surface area contributed by atoms with Gasteiger partial charge in [-0.1, -0.05) is 18.2 Å². The van der Waals surface area contributed by atoms with Crippen molar-refractivity contribution in [1.29, 1.82) is 0 Å². The van der Waals surface area contributed by atoms with E-state index >= 15 is 0 Å². The summed E-state index contributed by atoms with van der Waals surface area (Å²) in [5, 5.41) is 8.44. The second kappa shape index (κ2) is 6.47. The van der Waals surface area contributed by atoms with Crippen LogP contribution in [0.4, 0.5) is 19.0 Å². The van der Waals surface area contributed by atoms with Crippen molar-refractivity contribution in [2.75, 3.05) is 5.32 Å². The molecule has 10 heteroatoms. The number of nitrogens with one attached hydrogen (secondary N) is 1. The number of aromatic nitrogens is 4.